The number of para-hydroxylation sites is 1. The van der Waals surface area contributed by atoms with Gasteiger partial charge >= 0.3 is 12.0 Å². The zero-order valence-electron chi connectivity index (χ0n) is 14.0. The van der Waals surface area contributed by atoms with Gasteiger partial charge in [-0.1, -0.05) is 41.7 Å². The molecule has 0 aromatic heterocycles. The van der Waals surface area contributed by atoms with Gasteiger partial charge in [0.2, 0.25) is 0 Å². The zero-order valence-corrected chi connectivity index (χ0v) is 15.6. The molecule has 0 spiro atoms. The van der Waals surface area contributed by atoms with Crippen LogP contribution in [0.3, 0.4) is 0 Å². The van der Waals surface area contributed by atoms with E-state index in [-0.39, 0.29) is 12.1 Å². The van der Waals surface area contributed by atoms with Gasteiger partial charge in [-0.15, -0.1) is 0 Å². The van der Waals surface area contributed by atoms with Crippen LogP contribution in [0.25, 0.3) is 0 Å². The normalized spacial score (nSPS) is 19.5. The van der Waals surface area contributed by atoms with E-state index in [1.165, 1.54) is 17.3 Å². The van der Waals surface area contributed by atoms with Gasteiger partial charge in [-0.25, -0.2) is 14.6 Å². The van der Waals surface area contributed by atoms with Crippen molar-refractivity contribution in [1.82, 2.24) is 10.6 Å². The molecular weight excluding hydrogens is 358 g/mol. The van der Waals surface area contributed by atoms with Crippen LogP contribution >= 0.6 is 23.5 Å². The van der Waals surface area contributed by atoms with E-state index in [0.29, 0.717) is 23.6 Å². The summed E-state index contributed by atoms with van der Waals surface area (Å²) in [5, 5.41) is 5.43. The van der Waals surface area contributed by atoms with Crippen LogP contribution in [0.15, 0.2) is 40.5 Å². The highest BCUT2D eigenvalue weighted by Crippen LogP contribution is 2.35. The molecule has 2 N–H and O–H groups in total. The molecule has 0 fully saturated rings. The maximum atomic E-state index is 12.2. The number of urea groups is 1. The number of nitrogens with zero attached hydrogens (tertiary/aromatic N) is 1. The summed E-state index contributed by atoms with van der Waals surface area (Å²) in [6.45, 7) is 3.83. The molecule has 132 valence electrons. The molecule has 0 bridgehead atoms. The van der Waals surface area contributed by atoms with Crippen molar-refractivity contribution in [2.75, 3.05) is 12.4 Å². The summed E-state index contributed by atoms with van der Waals surface area (Å²) >= 11 is 3.18. The molecule has 3 rings (SSSR count). The average Bonchev–Trinajstić information content (AvgIpc) is 2.59. The number of aliphatic imine (C=N–C) groups is 1. The molecule has 0 aliphatic carbocycles. The Morgan fingerprint density at radius 2 is 2.24 bits per heavy atom. The first kappa shape index (κ1) is 17.9. The van der Waals surface area contributed by atoms with E-state index < -0.39 is 5.97 Å². The summed E-state index contributed by atoms with van der Waals surface area (Å²) in [4.78, 5) is 28.6. The predicted molar refractivity (Wildman–Crippen MR) is 102 cm³/mol. The van der Waals surface area contributed by atoms with Crippen molar-refractivity contribution < 1.29 is 14.3 Å². The molecule has 0 saturated carbocycles. The molecule has 6 nitrogen and oxygen atoms in total. The summed E-state index contributed by atoms with van der Waals surface area (Å²) < 4.78 is 6.05. The van der Waals surface area contributed by atoms with E-state index in [1.807, 2.05) is 18.2 Å². The summed E-state index contributed by atoms with van der Waals surface area (Å²) in [6, 6.07) is 7.35. The van der Waals surface area contributed by atoms with Crippen molar-refractivity contribution in [2.24, 2.45) is 4.99 Å². The Bertz CT molecular complexity index is 761. The maximum Gasteiger partial charge on any atom is 0.337 e. The number of benzene rings is 1. The number of ether oxygens (including phenoxy) is 1. The van der Waals surface area contributed by atoms with Gasteiger partial charge < -0.3 is 15.4 Å². The molecule has 1 aromatic rings. The van der Waals surface area contributed by atoms with Crippen LogP contribution in [0.4, 0.5) is 10.5 Å². The SMILES string of the molecule is CCOC(=O)C1=C(CSC2=Nc3ccccc3CS2)NC(=O)N[C@@H]1C. The van der Waals surface area contributed by atoms with E-state index in [2.05, 4.69) is 21.7 Å². The first-order valence-corrected chi connectivity index (χ1v) is 9.95. The molecule has 0 unspecified atom stereocenters. The number of amides is 2. The van der Waals surface area contributed by atoms with Gasteiger partial charge in [0.05, 0.1) is 23.9 Å². The van der Waals surface area contributed by atoms with Gasteiger partial charge in [0.25, 0.3) is 0 Å². The van der Waals surface area contributed by atoms with Crippen LogP contribution in [0, 0.1) is 0 Å². The summed E-state index contributed by atoms with van der Waals surface area (Å²) in [5.74, 6) is 0.928. The van der Waals surface area contributed by atoms with E-state index in [9.17, 15) is 9.59 Å². The van der Waals surface area contributed by atoms with E-state index in [0.717, 1.165) is 15.8 Å². The molecule has 1 atom stereocenters. The van der Waals surface area contributed by atoms with Gasteiger partial charge in [0.15, 0.2) is 0 Å². The van der Waals surface area contributed by atoms with E-state index >= 15 is 0 Å². The minimum absolute atomic E-state index is 0.294. The zero-order chi connectivity index (χ0) is 17.8. The molecule has 8 heteroatoms. The third-order valence-electron chi connectivity index (χ3n) is 3.76. The number of fused-ring (bicyclic) bond motifs is 1. The number of hydrogen-bond donors (Lipinski definition) is 2. The molecule has 1 aromatic carbocycles. The minimum Gasteiger partial charge on any atom is -0.463 e. The molecule has 2 aliphatic heterocycles. The molecule has 0 radical (unpaired) electrons. The third-order valence-corrected chi connectivity index (χ3v) is 6.03. The first-order valence-electron chi connectivity index (χ1n) is 7.98. The lowest BCUT2D eigenvalue weighted by atomic mass is 10.1. The lowest BCUT2D eigenvalue weighted by Crippen LogP contribution is -2.49. The van der Waals surface area contributed by atoms with Crippen molar-refractivity contribution in [1.29, 1.82) is 0 Å². The Morgan fingerprint density at radius 1 is 1.44 bits per heavy atom. The van der Waals surface area contributed by atoms with Crippen molar-refractivity contribution in [2.45, 2.75) is 25.6 Å². The molecular formula is C17H19N3O3S2. The topological polar surface area (TPSA) is 79.8 Å². The van der Waals surface area contributed by atoms with Crippen molar-refractivity contribution >= 4 is 45.6 Å². The molecule has 0 saturated heterocycles. The second-order valence-electron chi connectivity index (χ2n) is 5.52. The minimum atomic E-state index is -0.401. The van der Waals surface area contributed by atoms with Gasteiger partial charge in [0, 0.05) is 17.2 Å². The smallest absolute Gasteiger partial charge is 0.337 e. The van der Waals surface area contributed by atoms with Crippen molar-refractivity contribution in [3.8, 4) is 0 Å². The summed E-state index contributed by atoms with van der Waals surface area (Å²) in [6.07, 6.45) is 0. The number of esters is 1. The standard InChI is InChI=1S/C17H19N3O3S2/c1-3-23-15(21)14-10(2)18-16(22)19-13(14)9-25-17-20-12-7-5-4-6-11(12)8-24-17/h4-7,10H,3,8-9H2,1-2H3,(H2,18,19,22)/t10-/m1/s1. The van der Waals surface area contributed by atoms with Crippen LogP contribution in [-0.4, -0.2) is 34.8 Å². The number of carbonyl (C=O) groups excluding carboxylic acids is 2. The Morgan fingerprint density at radius 3 is 3.04 bits per heavy atom. The number of nitrogens with one attached hydrogen (secondary N) is 2. The predicted octanol–water partition coefficient (Wildman–Crippen LogP) is 3.17. The Balaban J connectivity index is 1.77. The Labute approximate surface area is 154 Å². The van der Waals surface area contributed by atoms with Gasteiger partial charge in [0.1, 0.15) is 4.38 Å². The third kappa shape index (κ3) is 4.19. The fraction of sp³-hybridized carbons (Fsp3) is 0.353. The van der Waals surface area contributed by atoms with Gasteiger partial charge in [-0.05, 0) is 25.5 Å². The highest BCUT2D eigenvalue weighted by molar-refractivity contribution is 8.38. The van der Waals surface area contributed by atoms with Crippen LogP contribution in [0.1, 0.15) is 19.4 Å². The Kier molecular flexibility index (Phi) is 5.70. The van der Waals surface area contributed by atoms with Crippen molar-refractivity contribution in [3.63, 3.8) is 0 Å². The second-order valence-corrected chi connectivity index (χ2v) is 7.70. The largest absolute Gasteiger partial charge is 0.463 e. The molecule has 25 heavy (non-hydrogen) atoms. The lowest BCUT2D eigenvalue weighted by Gasteiger charge is -2.26. The van der Waals surface area contributed by atoms with Crippen LogP contribution in [-0.2, 0) is 15.3 Å². The second kappa shape index (κ2) is 7.97. The number of carbonyl (C=O) groups is 2. The van der Waals surface area contributed by atoms with E-state index in [1.54, 1.807) is 25.6 Å². The summed E-state index contributed by atoms with van der Waals surface area (Å²) in [7, 11) is 0. The summed E-state index contributed by atoms with van der Waals surface area (Å²) in [5.41, 5.74) is 3.25. The fourth-order valence-electron chi connectivity index (χ4n) is 2.61. The quantitative estimate of drug-likeness (QED) is 0.788. The highest BCUT2D eigenvalue weighted by atomic mass is 32.2. The number of rotatable bonds is 4. The van der Waals surface area contributed by atoms with Crippen molar-refractivity contribution in [3.05, 3.63) is 41.1 Å². The lowest BCUT2D eigenvalue weighted by molar-refractivity contribution is -0.138. The van der Waals surface area contributed by atoms with Crippen LogP contribution in [0.5, 0.6) is 0 Å². The monoisotopic (exact) mass is 377 g/mol. The van der Waals surface area contributed by atoms with Crippen LogP contribution < -0.4 is 10.6 Å². The molecule has 2 heterocycles. The highest BCUT2D eigenvalue weighted by Gasteiger charge is 2.30. The average molecular weight is 377 g/mol. The first-order chi connectivity index (χ1) is 12.1. The maximum absolute atomic E-state index is 12.2. The fourth-order valence-corrected chi connectivity index (χ4v) is 4.64. The van der Waals surface area contributed by atoms with Gasteiger partial charge in [-0.2, -0.15) is 0 Å². The number of thioether (sulfide) groups is 2. The Hall–Kier alpha value is -1.93. The molecule has 2 aliphatic rings. The number of hydrogen-bond acceptors (Lipinski definition) is 6. The van der Waals surface area contributed by atoms with E-state index in [4.69, 9.17) is 4.74 Å². The van der Waals surface area contributed by atoms with Crippen LogP contribution in [0.2, 0.25) is 0 Å². The molecule has 2 amide bonds. The van der Waals surface area contributed by atoms with Gasteiger partial charge in [-0.3, -0.25) is 0 Å².